The Labute approximate surface area is 194 Å². The van der Waals surface area contributed by atoms with Crippen LogP contribution in [0.4, 0.5) is 5.13 Å². The first-order chi connectivity index (χ1) is 15.4. The third kappa shape index (κ3) is 3.66. The zero-order valence-corrected chi connectivity index (χ0v) is 20.0. The number of hydrogen-bond donors (Lipinski definition) is 1. The van der Waals surface area contributed by atoms with Gasteiger partial charge < -0.3 is 10.1 Å². The van der Waals surface area contributed by atoms with Crippen molar-refractivity contribution in [2.45, 2.75) is 64.7 Å². The van der Waals surface area contributed by atoms with Gasteiger partial charge in [-0.3, -0.25) is 9.59 Å². The van der Waals surface area contributed by atoms with E-state index in [2.05, 4.69) is 35.4 Å². The molecule has 0 radical (unpaired) electrons. The number of methoxy groups -OCH3 is 1. The molecule has 1 amide bonds. The molecule has 0 bridgehead atoms. The second-order valence-corrected chi connectivity index (χ2v) is 11.3. The average molecular weight is 453 g/mol. The van der Waals surface area contributed by atoms with E-state index in [1.165, 1.54) is 22.5 Å². The van der Waals surface area contributed by atoms with Gasteiger partial charge in [-0.1, -0.05) is 13.0 Å². The first kappa shape index (κ1) is 21.6. The molecule has 0 saturated heterocycles. The molecule has 5 atom stereocenters. The minimum atomic E-state index is -0.224. The van der Waals surface area contributed by atoms with E-state index in [1.54, 1.807) is 13.3 Å². The zero-order valence-electron chi connectivity index (χ0n) is 19.1. The predicted octanol–water partition coefficient (Wildman–Crippen LogP) is 5.53. The summed E-state index contributed by atoms with van der Waals surface area (Å²) in [4.78, 5) is 31.0. The lowest BCUT2D eigenvalue weighted by atomic mass is 9.54. The molecule has 6 heteroatoms. The number of carbonyl (C=O) groups is 2. The molecule has 1 aromatic heterocycles. The summed E-state index contributed by atoms with van der Waals surface area (Å²) in [5.74, 6) is 3.07. The van der Waals surface area contributed by atoms with Gasteiger partial charge in [0.2, 0.25) is 5.91 Å². The highest BCUT2D eigenvalue weighted by molar-refractivity contribution is 7.15. The Bertz CT molecular complexity index is 1050. The Hall–Kier alpha value is -2.21. The van der Waals surface area contributed by atoms with Gasteiger partial charge in [-0.05, 0) is 86.0 Å². The van der Waals surface area contributed by atoms with Crippen LogP contribution in [-0.2, 0) is 16.0 Å². The molecule has 170 valence electrons. The van der Waals surface area contributed by atoms with Crippen LogP contribution < -0.4 is 10.1 Å². The van der Waals surface area contributed by atoms with Crippen molar-refractivity contribution in [2.24, 2.45) is 23.2 Å². The third-order valence-corrected chi connectivity index (χ3v) is 9.22. The van der Waals surface area contributed by atoms with Crippen LogP contribution in [0.25, 0.3) is 0 Å². The highest BCUT2D eigenvalue weighted by Gasteiger charge is 2.58. The second kappa shape index (κ2) is 8.29. The minimum Gasteiger partial charge on any atom is -0.497 e. The van der Waals surface area contributed by atoms with Crippen LogP contribution in [0, 0.1) is 30.1 Å². The molecular weight excluding hydrogens is 420 g/mol. The maximum absolute atomic E-state index is 13.2. The number of hydrogen-bond acceptors (Lipinski definition) is 5. The minimum absolute atomic E-state index is 0.00819. The van der Waals surface area contributed by atoms with E-state index < -0.39 is 0 Å². The lowest BCUT2D eigenvalue weighted by Crippen LogP contribution is -2.44. The summed E-state index contributed by atoms with van der Waals surface area (Å²) < 4.78 is 5.44. The molecule has 1 N–H and O–H groups in total. The molecule has 2 aromatic rings. The van der Waals surface area contributed by atoms with Gasteiger partial charge in [0, 0.05) is 29.3 Å². The number of rotatable bonds is 5. The van der Waals surface area contributed by atoms with Crippen molar-refractivity contribution in [3.63, 3.8) is 0 Å². The number of thiazole rings is 1. The molecule has 3 aliphatic rings. The highest BCUT2D eigenvalue weighted by atomic mass is 32.1. The SMILES string of the molecule is COc1ccc2c(c1)CC[C@H]1[C@@H]3[C@H](CCC(=O)Nc4ncc(C)s4)CC(=O)[C@@]3(C)CC[C@H]21. The van der Waals surface area contributed by atoms with Crippen LogP contribution in [0.2, 0.25) is 0 Å². The number of benzene rings is 1. The molecule has 0 aliphatic heterocycles. The van der Waals surface area contributed by atoms with Crippen molar-refractivity contribution in [3.8, 4) is 5.75 Å². The smallest absolute Gasteiger partial charge is 0.226 e. The lowest BCUT2D eigenvalue weighted by Gasteiger charge is -2.50. The summed E-state index contributed by atoms with van der Waals surface area (Å²) in [5, 5.41) is 3.60. The van der Waals surface area contributed by atoms with Gasteiger partial charge in [0.15, 0.2) is 5.13 Å². The number of aryl methyl sites for hydroxylation is 2. The summed E-state index contributed by atoms with van der Waals surface area (Å²) >= 11 is 1.50. The number of fused-ring (bicyclic) bond motifs is 5. The Morgan fingerprint density at radius 3 is 2.94 bits per heavy atom. The predicted molar refractivity (Wildman–Crippen MR) is 126 cm³/mol. The molecule has 5 nitrogen and oxygen atoms in total. The molecule has 5 rings (SSSR count). The fraction of sp³-hybridized carbons (Fsp3) is 0.577. The Balaban J connectivity index is 1.33. The Morgan fingerprint density at radius 1 is 1.34 bits per heavy atom. The van der Waals surface area contributed by atoms with Gasteiger partial charge in [-0.15, -0.1) is 11.3 Å². The third-order valence-electron chi connectivity index (χ3n) is 8.39. The fourth-order valence-electron chi connectivity index (χ4n) is 6.92. The second-order valence-electron chi connectivity index (χ2n) is 10.1. The lowest BCUT2D eigenvalue weighted by molar-refractivity contribution is -0.129. The van der Waals surface area contributed by atoms with Crippen LogP contribution in [-0.4, -0.2) is 23.8 Å². The summed E-state index contributed by atoms with van der Waals surface area (Å²) in [5.41, 5.74) is 2.64. The Morgan fingerprint density at radius 2 is 2.19 bits per heavy atom. The molecular formula is C26H32N2O3S. The number of carbonyl (C=O) groups excluding carboxylic acids is 2. The topological polar surface area (TPSA) is 68.3 Å². The number of aromatic nitrogens is 1. The van der Waals surface area contributed by atoms with E-state index in [-0.39, 0.29) is 11.3 Å². The van der Waals surface area contributed by atoms with Crippen molar-refractivity contribution in [2.75, 3.05) is 12.4 Å². The number of ketones is 1. The molecule has 1 heterocycles. The standard InChI is InChI=1S/C26H32N2O3S/c1-15-14-27-25(32-15)28-23(30)9-5-17-13-22(29)26(2)11-10-20-19-8-6-18(31-3)12-16(19)4-7-21(20)24(17)26/h6,8,12,14,17,20-21,24H,4-5,7,9-11,13H2,1-3H3,(H,27,28,30)/t17-,20-,21-,24+,26-/m1/s1. The van der Waals surface area contributed by atoms with Crippen molar-refractivity contribution in [1.29, 1.82) is 0 Å². The molecule has 32 heavy (non-hydrogen) atoms. The summed E-state index contributed by atoms with van der Waals surface area (Å²) in [6.45, 7) is 4.19. The van der Waals surface area contributed by atoms with Crippen molar-refractivity contribution in [3.05, 3.63) is 40.4 Å². The molecule has 3 aliphatic carbocycles. The summed E-state index contributed by atoms with van der Waals surface area (Å²) in [6, 6.07) is 6.53. The van der Waals surface area contributed by atoms with Gasteiger partial charge in [-0.2, -0.15) is 0 Å². The van der Waals surface area contributed by atoms with Gasteiger partial charge in [-0.25, -0.2) is 4.98 Å². The normalized spacial score (nSPS) is 30.9. The van der Waals surface area contributed by atoms with E-state index in [0.29, 0.717) is 47.4 Å². The maximum atomic E-state index is 13.2. The van der Waals surface area contributed by atoms with Crippen molar-refractivity contribution >= 4 is 28.2 Å². The molecule has 2 fully saturated rings. The fourth-order valence-corrected chi connectivity index (χ4v) is 7.60. The van der Waals surface area contributed by atoms with Crippen LogP contribution in [0.3, 0.4) is 0 Å². The van der Waals surface area contributed by atoms with E-state index in [0.717, 1.165) is 42.7 Å². The first-order valence-corrected chi connectivity index (χ1v) is 12.6. The van der Waals surface area contributed by atoms with E-state index >= 15 is 0 Å². The number of anilines is 1. The molecule has 0 unspecified atom stereocenters. The van der Waals surface area contributed by atoms with Gasteiger partial charge in [0.1, 0.15) is 11.5 Å². The van der Waals surface area contributed by atoms with Crippen LogP contribution in [0.15, 0.2) is 24.4 Å². The van der Waals surface area contributed by atoms with E-state index in [1.807, 2.05) is 6.92 Å². The number of nitrogens with zero attached hydrogens (tertiary/aromatic N) is 1. The number of amides is 1. The van der Waals surface area contributed by atoms with E-state index in [9.17, 15) is 9.59 Å². The molecule has 0 spiro atoms. The largest absolute Gasteiger partial charge is 0.497 e. The average Bonchev–Trinajstić information content (AvgIpc) is 3.31. The van der Waals surface area contributed by atoms with Crippen LogP contribution >= 0.6 is 11.3 Å². The number of ether oxygens (including phenoxy) is 1. The van der Waals surface area contributed by atoms with Gasteiger partial charge in [0.05, 0.1) is 7.11 Å². The summed E-state index contributed by atoms with van der Waals surface area (Å²) in [6.07, 6.45) is 7.85. The monoisotopic (exact) mass is 452 g/mol. The highest BCUT2D eigenvalue weighted by Crippen LogP contribution is 2.62. The molecule has 2 saturated carbocycles. The van der Waals surface area contributed by atoms with Crippen LogP contribution in [0.1, 0.15) is 67.4 Å². The number of Topliss-reactive ketones (excluding diaryl/α,β-unsaturated/α-hetero) is 1. The van der Waals surface area contributed by atoms with Gasteiger partial charge >= 0.3 is 0 Å². The zero-order chi connectivity index (χ0) is 22.5. The Kier molecular flexibility index (Phi) is 5.60. The maximum Gasteiger partial charge on any atom is 0.226 e. The quantitative estimate of drug-likeness (QED) is 0.648. The van der Waals surface area contributed by atoms with Crippen molar-refractivity contribution in [1.82, 2.24) is 4.98 Å². The molecule has 1 aromatic carbocycles. The van der Waals surface area contributed by atoms with E-state index in [4.69, 9.17) is 4.74 Å². The number of nitrogens with one attached hydrogen (secondary N) is 1. The first-order valence-electron chi connectivity index (χ1n) is 11.8. The van der Waals surface area contributed by atoms with Crippen molar-refractivity contribution < 1.29 is 14.3 Å². The van der Waals surface area contributed by atoms with Crippen LogP contribution in [0.5, 0.6) is 5.75 Å². The van der Waals surface area contributed by atoms with Gasteiger partial charge in [0.25, 0.3) is 0 Å². The summed E-state index contributed by atoms with van der Waals surface area (Å²) in [7, 11) is 1.72.